The Morgan fingerprint density at radius 1 is 1.30 bits per heavy atom. The molecular weight excluding hydrogens is 248 g/mol. The molecular formula is C17H34N2O. The molecule has 0 radical (unpaired) electrons. The first-order chi connectivity index (χ1) is 9.60. The molecule has 2 saturated heterocycles. The molecule has 118 valence electrons. The molecule has 0 aromatic rings. The maximum Gasteiger partial charge on any atom is 0.0507 e. The van der Waals surface area contributed by atoms with Gasteiger partial charge in [0.2, 0.25) is 0 Å². The van der Waals surface area contributed by atoms with E-state index in [4.69, 9.17) is 4.74 Å². The molecule has 0 saturated carbocycles. The van der Waals surface area contributed by atoms with Crippen LogP contribution in [0.25, 0.3) is 0 Å². The van der Waals surface area contributed by atoms with Crippen LogP contribution in [0.5, 0.6) is 0 Å². The summed E-state index contributed by atoms with van der Waals surface area (Å²) in [5.74, 6) is 2.32. The molecule has 2 rings (SSSR count). The summed E-state index contributed by atoms with van der Waals surface area (Å²) in [5, 5.41) is 3.81. The molecule has 20 heavy (non-hydrogen) atoms. The molecule has 0 aliphatic carbocycles. The normalized spacial score (nSPS) is 33.8. The Morgan fingerprint density at radius 2 is 2.10 bits per heavy atom. The number of ether oxygens (including phenoxy) is 1. The third-order valence-electron chi connectivity index (χ3n) is 5.15. The highest BCUT2D eigenvalue weighted by atomic mass is 16.5. The van der Waals surface area contributed by atoms with Crippen molar-refractivity contribution < 1.29 is 4.74 Å². The van der Waals surface area contributed by atoms with Gasteiger partial charge in [0, 0.05) is 38.3 Å². The van der Waals surface area contributed by atoms with Gasteiger partial charge in [-0.2, -0.15) is 0 Å². The van der Waals surface area contributed by atoms with Gasteiger partial charge >= 0.3 is 0 Å². The number of hydrogen-bond donors (Lipinski definition) is 1. The maximum atomic E-state index is 5.57. The average Bonchev–Trinajstić information content (AvgIpc) is 2.92. The van der Waals surface area contributed by atoms with Gasteiger partial charge in [-0.25, -0.2) is 0 Å². The van der Waals surface area contributed by atoms with Crippen LogP contribution in [-0.4, -0.2) is 49.8 Å². The first kappa shape index (κ1) is 16.3. The van der Waals surface area contributed by atoms with E-state index in [1.165, 1.54) is 38.9 Å². The second kappa shape index (κ2) is 7.77. The number of nitrogens with one attached hydrogen (secondary N) is 1. The van der Waals surface area contributed by atoms with Crippen LogP contribution in [0.3, 0.4) is 0 Å². The zero-order valence-corrected chi connectivity index (χ0v) is 13.9. The first-order valence-electron chi connectivity index (χ1n) is 8.65. The van der Waals surface area contributed by atoms with Gasteiger partial charge in [0.05, 0.1) is 6.61 Å². The number of piperazine rings is 1. The van der Waals surface area contributed by atoms with Crippen LogP contribution in [0.4, 0.5) is 0 Å². The van der Waals surface area contributed by atoms with Crippen LogP contribution >= 0.6 is 0 Å². The largest absolute Gasteiger partial charge is 0.381 e. The van der Waals surface area contributed by atoms with Crippen molar-refractivity contribution in [3.8, 4) is 0 Å². The summed E-state index contributed by atoms with van der Waals surface area (Å²) in [4.78, 5) is 2.77. The number of nitrogens with zero attached hydrogens (tertiary/aromatic N) is 1. The fourth-order valence-electron chi connectivity index (χ4n) is 3.61. The summed E-state index contributed by atoms with van der Waals surface area (Å²) in [6.07, 6.45) is 3.84. The zero-order chi connectivity index (χ0) is 14.5. The highest BCUT2D eigenvalue weighted by molar-refractivity contribution is 4.90. The van der Waals surface area contributed by atoms with Crippen molar-refractivity contribution in [3.05, 3.63) is 0 Å². The molecule has 1 N–H and O–H groups in total. The van der Waals surface area contributed by atoms with Crippen LogP contribution in [0.2, 0.25) is 0 Å². The maximum absolute atomic E-state index is 5.57. The summed E-state index contributed by atoms with van der Waals surface area (Å²) < 4.78 is 5.57. The quantitative estimate of drug-likeness (QED) is 0.811. The summed E-state index contributed by atoms with van der Waals surface area (Å²) in [6.45, 7) is 15.0. The summed E-state index contributed by atoms with van der Waals surface area (Å²) >= 11 is 0. The molecule has 2 fully saturated rings. The van der Waals surface area contributed by atoms with Gasteiger partial charge in [-0.3, -0.25) is 4.90 Å². The Bertz CT molecular complexity index is 276. The summed E-state index contributed by atoms with van der Waals surface area (Å²) in [5.41, 5.74) is 0. The SMILES string of the molecule is CCC(C)C1CN(CC2CCOC2)C(CC(C)C)CN1. The third-order valence-corrected chi connectivity index (χ3v) is 5.15. The first-order valence-corrected chi connectivity index (χ1v) is 8.65. The fourth-order valence-corrected chi connectivity index (χ4v) is 3.61. The molecule has 2 aliphatic rings. The molecule has 2 aliphatic heterocycles. The molecule has 4 unspecified atom stereocenters. The lowest BCUT2D eigenvalue weighted by Crippen LogP contribution is -2.59. The van der Waals surface area contributed by atoms with Crippen LogP contribution in [-0.2, 0) is 4.74 Å². The Balaban J connectivity index is 1.94. The average molecular weight is 282 g/mol. The zero-order valence-electron chi connectivity index (χ0n) is 13.9. The monoisotopic (exact) mass is 282 g/mol. The molecule has 3 heteroatoms. The molecule has 2 heterocycles. The van der Waals surface area contributed by atoms with Crippen molar-refractivity contribution in [2.24, 2.45) is 17.8 Å². The summed E-state index contributed by atoms with van der Waals surface area (Å²) in [7, 11) is 0. The number of rotatable bonds is 6. The van der Waals surface area contributed by atoms with Crippen LogP contribution in [0, 0.1) is 17.8 Å². The van der Waals surface area contributed by atoms with Gasteiger partial charge in [-0.05, 0) is 30.6 Å². The Hall–Kier alpha value is -0.120. The number of hydrogen-bond acceptors (Lipinski definition) is 3. The molecule has 4 atom stereocenters. The van der Waals surface area contributed by atoms with Crippen LogP contribution in [0.15, 0.2) is 0 Å². The minimum absolute atomic E-state index is 0.672. The van der Waals surface area contributed by atoms with Gasteiger partial charge in [0.15, 0.2) is 0 Å². The Morgan fingerprint density at radius 3 is 2.70 bits per heavy atom. The molecule has 0 bridgehead atoms. The Labute approximate surface area is 125 Å². The molecule has 0 aromatic heterocycles. The lowest BCUT2D eigenvalue weighted by Gasteiger charge is -2.44. The highest BCUT2D eigenvalue weighted by Gasteiger charge is 2.32. The van der Waals surface area contributed by atoms with Gasteiger partial charge in [0.25, 0.3) is 0 Å². The van der Waals surface area contributed by atoms with Crippen molar-refractivity contribution in [1.29, 1.82) is 0 Å². The second-order valence-corrected chi connectivity index (χ2v) is 7.37. The smallest absolute Gasteiger partial charge is 0.0507 e. The van der Waals surface area contributed by atoms with Crippen LogP contribution < -0.4 is 5.32 Å². The van der Waals surface area contributed by atoms with Gasteiger partial charge in [-0.1, -0.05) is 34.1 Å². The fraction of sp³-hybridized carbons (Fsp3) is 1.00. The van der Waals surface area contributed by atoms with Crippen molar-refractivity contribution >= 4 is 0 Å². The lowest BCUT2D eigenvalue weighted by atomic mass is 9.92. The van der Waals surface area contributed by atoms with Gasteiger partial charge in [0.1, 0.15) is 0 Å². The highest BCUT2D eigenvalue weighted by Crippen LogP contribution is 2.23. The standard InChI is InChI=1S/C17H34N2O/c1-5-14(4)17-11-19(10-15-6-7-20-12-15)16(9-18-17)8-13(2)3/h13-18H,5-12H2,1-4H3. The van der Waals surface area contributed by atoms with E-state index in [-0.39, 0.29) is 0 Å². The van der Waals surface area contributed by atoms with Crippen LogP contribution in [0.1, 0.15) is 47.0 Å². The molecule has 3 nitrogen and oxygen atoms in total. The summed E-state index contributed by atoms with van der Waals surface area (Å²) in [6, 6.07) is 1.39. The molecule has 0 spiro atoms. The van der Waals surface area contributed by atoms with Crippen molar-refractivity contribution in [2.45, 2.75) is 59.0 Å². The van der Waals surface area contributed by atoms with E-state index in [0.29, 0.717) is 6.04 Å². The molecule has 0 aromatic carbocycles. The van der Waals surface area contributed by atoms with E-state index in [1.807, 2.05) is 0 Å². The van der Waals surface area contributed by atoms with Gasteiger partial charge < -0.3 is 10.1 Å². The van der Waals surface area contributed by atoms with E-state index in [0.717, 1.165) is 37.0 Å². The topological polar surface area (TPSA) is 24.5 Å². The van der Waals surface area contributed by atoms with Crippen molar-refractivity contribution in [1.82, 2.24) is 10.2 Å². The van der Waals surface area contributed by atoms with E-state index in [2.05, 4.69) is 37.9 Å². The lowest BCUT2D eigenvalue weighted by molar-refractivity contribution is 0.0758. The van der Waals surface area contributed by atoms with Crippen molar-refractivity contribution in [2.75, 3.05) is 32.8 Å². The minimum atomic E-state index is 0.672. The van der Waals surface area contributed by atoms with E-state index in [9.17, 15) is 0 Å². The van der Waals surface area contributed by atoms with E-state index < -0.39 is 0 Å². The van der Waals surface area contributed by atoms with Crippen molar-refractivity contribution in [3.63, 3.8) is 0 Å². The van der Waals surface area contributed by atoms with Gasteiger partial charge in [-0.15, -0.1) is 0 Å². The molecule has 0 amide bonds. The minimum Gasteiger partial charge on any atom is -0.381 e. The second-order valence-electron chi connectivity index (χ2n) is 7.37. The predicted octanol–water partition coefficient (Wildman–Crippen LogP) is 2.76. The van der Waals surface area contributed by atoms with E-state index >= 15 is 0 Å². The van der Waals surface area contributed by atoms with E-state index in [1.54, 1.807) is 0 Å². The predicted molar refractivity (Wildman–Crippen MR) is 85.0 cm³/mol. The Kier molecular flexibility index (Phi) is 6.31. The third kappa shape index (κ3) is 4.44.